The zero-order chi connectivity index (χ0) is 25.3. The second kappa shape index (κ2) is 13.2. The van der Waals surface area contributed by atoms with Gasteiger partial charge in [0.05, 0.1) is 25.4 Å². The van der Waals surface area contributed by atoms with Gasteiger partial charge in [-0.1, -0.05) is 60.7 Å². The quantitative estimate of drug-likeness (QED) is 0.414. The fourth-order valence-corrected chi connectivity index (χ4v) is 5.99. The molecule has 0 bridgehead atoms. The Hall–Kier alpha value is -2.41. The molecule has 196 valence electrons. The largest absolute Gasteiger partial charge is 0.465 e. The number of carbonyl (C=O) groups is 1. The summed E-state index contributed by atoms with van der Waals surface area (Å²) in [4.78, 5) is 15.6. The standard InChI is InChI=1S/C30H42N2O4/c1-23-19-29(20-24(2)32(23)30(33)34)36-18-17-35-28-15-13-27(14-16-28)31(21-25-9-5-3-6-10-25)22-26-11-7-4-8-12-26/h3-12,23-24,27-29H,13-22H2,1-2H3,(H,33,34). The van der Waals surface area contributed by atoms with Crippen LogP contribution in [0.15, 0.2) is 60.7 Å². The summed E-state index contributed by atoms with van der Waals surface area (Å²) < 4.78 is 12.3. The number of carboxylic acid groups (broad SMARTS) is 1. The van der Waals surface area contributed by atoms with E-state index in [1.807, 2.05) is 13.8 Å². The fraction of sp³-hybridized carbons (Fsp3) is 0.567. The van der Waals surface area contributed by atoms with Crippen LogP contribution in [0.5, 0.6) is 0 Å². The summed E-state index contributed by atoms with van der Waals surface area (Å²) in [7, 11) is 0. The Kier molecular flexibility index (Phi) is 9.79. The average molecular weight is 495 g/mol. The maximum atomic E-state index is 11.4. The van der Waals surface area contributed by atoms with E-state index in [1.165, 1.54) is 11.1 Å². The highest BCUT2D eigenvalue weighted by Crippen LogP contribution is 2.28. The molecule has 1 N–H and O–H groups in total. The molecule has 2 fully saturated rings. The Morgan fingerprint density at radius 3 is 1.75 bits per heavy atom. The molecule has 2 aliphatic rings. The van der Waals surface area contributed by atoms with Gasteiger partial charge in [0.1, 0.15) is 0 Å². The number of nitrogens with zero attached hydrogens (tertiary/aromatic N) is 2. The van der Waals surface area contributed by atoms with Gasteiger partial charge in [-0.2, -0.15) is 0 Å². The Morgan fingerprint density at radius 2 is 1.28 bits per heavy atom. The molecule has 6 heteroatoms. The van der Waals surface area contributed by atoms with Gasteiger partial charge in [0, 0.05) is 31.2 Å². The number of hydrogen-bond donors (Lipinski definition) is 1. The molecule has 1 saturated carbocycles. The molecule has 1 aliphatic heterocycles. The number of rotatable bonds is 10. The highest BCUT2D eigenvalue weighted by molar-refractivity contribution is 5.66. The third-order valence-corrected chi connectivity index (χ3v) is 7.79. The first kappa shape index (κ1) is 26.6. The molecule has 1 saturated heterocycles. The van der Waals surface area contributed by atoms with Gasteiger partial charge in [-0.15, -0.1) is 0 Å². The number of piperidine rings is 1. The van der Waals surface area contributed by atoms with Gasteiger partial charge < -0.3 is 19.5 Å². The smallest absolute Gasteiger partial charge is 0.407 e. The molecular weight excluding hydrogens is 452 g/mol. The van der Waals surface area contributed by atoms with E-state index in [1.54, 1.807) is 4.90 Å². The lowest BCUT2D eigenvalue weighted by atomic mass is 9.91. The summed E-state index contributed by atoms with van der Waals surface area (Å²) in [5.41, 5.74) is 2.73. The normalized spacial score (nSPS) is 26.8. The third kappa shape index (κ3) is 7.55. The molecule has 1 aliphatic carbocycles. The van der Waals surface area contributed by atoms with Crippen molar-refractivity contribution < 1.29 is 19.4 Å². The summed E-state index contributed by atoms with van der Waals surface area (Å²) in [5, 5.41) is 9.39. The predicted octanol–water partition coefficient (Wildman–Crippen LogP) is 5.95. The molecule has 4 rings (SSSR count). The van der Waals surface area contributed by atoms with Crippen LogP contribution in [0.3, 0.4) is 0 Å². The average Bonchev–Trinajstić information content (AvgIpc) is 2.87. The lowest BCUT2D eigenvalue weighted by Gasteiger charge is -2.40. The van der Waals surface area contributed by atoms with E-state index in [0.717, 1.165) is 51.6 Å². The number of likely N-dealkylation sites (tertiary alicyclic amines) is 1. The first-order chi connectivity index (χ1) is 17.5. The second-order valence-electron chi connectivity index (χ2n) is 10.5. The van der Waals surface area contributed by atoms with Crippen LogP contribution in [0.25, 0.3) is 0 Å². The Morgan fingerprint density at radius 1 is 0.806 bits per heavy atom. The van der Waals surface area contributed by atoms with Crippen molar-refractivity contribution in [3.63, 3.8) is 0 Å². The maximum Gasteiger partial charge on any atom is 0.407 e. The predicted molar refractivity (Wildman–Crippen MR) is 142 cm³/mol. The molecule has 2 atom stereocenters. The Labute approximate surface area is 216 Å². The Balaban J connectivity index is 1.20. The summed E-state index contributed by atoms with van der Waals surface area (Å²) in [6.07, 6.45) is 5.52. The molecule has 2 aromatic rings. The zero-order valence-corrected chi connectivity index (χ0v) is 21.8. The van der Waals surface area contributed by atoms with Crippen LogP contribution in [-0.2, 0) is 22.6 Å². The third-order valence-electron chi connectivity index (χ3n) is 7.79. The van der Waals surface area contributed by atoms with Crippen molar-refractivity contribution in [1.29, 1.82) is 0 Å². The first-order valence-corrected chi connectivity index (χ1v) is 13.6. The fourth-order valence-electron chi connectivity index (χ4n) is 5.99. The SMILES string of the molecule is CC1CC(OCCOC2CCC(N(Cc3ccccc3)Cc3ccccc3)CC2)CC(C)N1C(=O)O. The number of benzene rings is 2. The molecule has 2 aromatic carbocycles. The van der Waals surface area contributed by atoms with E-state index in [0.29, 0.717) is 25.4 Å². The van der Waals surface area contributed by atoms with Crippen molar-refractivity contribution in [2.75, 3.05) is 13.2 Å². The van der Waals surface area contributed by atoms with Crippen LogP contribution in [0.2, 0.25) is 0 Å². The molecule has 1 heterocycles. The second-order valence-corrected chi connectivity index (χ2v) is 10.5. The summed E-state index contributed by atoms with van der Waals surface area (Å²) in [6, 6.07) is 22.1. The van der Waals surface area contributed by atoms with E-state index in [-0.39, 0.29) is 18.2 Å². The lowest BCUT2D eigenvalue weighted by molar-refractivity contribution is -0.0651. The number of ether oxygens (including phenoxy) is 2. The number of hydrogen-bond acceptors (Lipinski definition) is 4. The van der Waals surface area contributed by atoms with E-state index in [4.69, 9.17) is 9.47 Å². The van der Waals surface area contributed by atoms with Crippen LogP contribution < -0.4 is 0 Å². The van der Waals surface area contributed by atoms with Crippen LogP contribution in [0.1, 0.15) is 63.5 Å². The molecule has 0 spiro atoms. The van der Waals surface area contributed by atoms with Gasteiger partial charge >= 0.3 is 6.09 Å². The summed E-state index contributed by atoms with van der Waals surface area (Å²) >= 11 is 0. The van der Waals surface area contributed by atoms with Crippen LogP contribution in [-0.4, -0.2) is 64.5 Å². The molecule has 6 nitrogen and oxygen atoms in total. The molecule has 1 amide bonds. The van der Waals surface area contributed by atoms with Crippen molar-refractivity contribution >= 4 is 6.09 Å². The summed E-state index contributed by atoms with van der Waals surface area (Å²) in [6.45, 7) is 7.05. The molecule has 0 radical (unpaired) electrons. The highest BCUT2D eigenvalue weighted by Gasteiger charge is 2.34. The van der Waals surface area contributed by atoms with Crippen molar-refractivity contribution in [2.24, 2.45) is 0 Å². The van der Waals surface area contributed by atoms with Crippen molar-refractivity contribution in [2.45, 2.75) is 95.8 Å². The van der Waals surface area contributed by atoms with E-state index < -0.39 is 6.09 Å². The molecule has 2 unspecified atom stereocenters. The van der Waals surface area contributed by atoms with Crippen LogP contribution in [0.4, 0.5) is 4.79 Å². The van der Waals surface area contributed by atoms with E-state index in [2.05, 4.69) is 65.6 Å². The minimum absolute atomic E-state index is 0.0119. The van der Waals surface area contributed by atoms with E-state index >= 15 is 0 Å². The minimum atomic E-state index is -0.835. The van der Waals surface area contributed by atoms with E-state index in [9.17, 15) is 9.90 Å². The maximum absolute atomic E-state index is 11.4. The lowest BCUT2D eigenvalue weighted by Crippen LogP contribution is -2.51. The van der Waals surface area contributed by atoms with Gasteiger partial charge in [0.2, 0.25) is 0 Å². The van der Waals surface area contributed by atoms with Gasteiger partial charge in [0.25, 0.3) is 0 Å². The number of amides is 1. The topological polar surface area (TPSA) is 62.2 Å². The van der Waals surface area contributed by atoms with Gasteiger partial charge in [-0.25, -0.2) is 4.79 Å². The first-order valence-electron chi connectivity index (χ1n) is 13.6. The van der Waals surface area contributed by atoms with Gasteiger partial charge in [0.15, 0.2) is 0 Å². The van der Waals surface area contributed by atoms with Gasteiger partial charge in [-0.05, 0) is 63.5 Å². The molecular formula is C30H42N2O4. The van der Waals surface area contributed by atoms with Gasteiger partial charge in [-0.3, -0.25) is 4.90 Å². The highest BCUT2D eigenvalue weighted by atomic mass is 16.5. The minimum Gasteiger partial charge on any atom is -0.465 e. The van der Waals surface area contributed by atoms with Crippen molar-refractivity contribution in [1.82, 2.24) is 9.80 Å². The van der Waals surface area contributed by atoms with Crippen LogP contribution >= 0.6 is 0 Å². The van der Waals surface area contributed by atoms with Crippen molar-refractivity contribution in [3.05, 3.63) is 71.8 Å². The molecule has 0 aromatic heterocycles. The zero-order valence-electron chi connectivity index (χ0n) is 21.8. The van der Waals surface area contributed by atoms with Crippen molar-refractivity contribution in [3.8, 4) is 0 Å². The van der Waals surface area contributed by atoms with Crippen LogP contribution in [0, 0.1) is 0 Å². The Bertz CT molecular complexity index is 864. The molecule has 36 heavy (non-hydrogen) atoms. The monoisotopic (exact) mass is 494 g/mol. The summed E-state index contributed by atoms with van der Waals surface area (Å²) in [5.74, 6) is 0.